The second-order valence-electron chi connectivity index (χ2n) is 5.05. The van der Waals surface area contributed by atoms with Gasteiger partial charge in [0.2, 0.25) is 0 Å². The minimum atomic E-state index is 0.198. The highest BCUT2D eigenvalue weighted by molar-refractivity contribution is 7.07. The van der Waals surface area contributed by atoms with E-state index in [9.17, 15) is 0 Å². The van der Waals surface area contributed by atoms with Gasteiger partial charge in [-0.2, -0.15) is 16.4 Å². The van der Waals surface area contributed by atoms with Crippen LogP contribution in [0, 0.1) is 5.92 Å². The normalized spacial score (nSPS) is 23.0. The SMILES string of the molecule is Cn1cc([C@H]2OCC[C@@H]2CNCc2ccsc2)cn1. The first-order valence-electron chi connectivity index (χ1n) is 6.65. The molecule has 0 bridgehead atoms. The predicted molar refractivity (Wildman–Crippen MR) is 76.0 cm³/mol. The molecule has 0 aromatic carbocycles. The highest BCUT2D eigenvalue weighted by Crippen LogP contribution is 2.33. The molecule has 1 aliphatic heterocycles. The Morgan fingerprint density at radius 2 is 2.53 bits per heavy atom. The Kier molecular flexibility index (Phi) is 3.96. The van der Waals surface area contributed by atoms with Crippen molar-refractivity contribution in [2.75, 3.05) is 13.2 Å². The van der Waals surface area contributed by atoms with E-state index in [1.54, 1.807) is 11.3 Å². The van der Waals surface area contributed by atoms with Gasteiger partial charge in [0.05, 0.1) is 12.3 Å². The van der Waals surface area contributed by atoms with Crippen molar-refractivity contribution in [3.8, 4) is 0 Å². The lowest BCUT2D eigenvalue weighted by molar-refractivity contribution is 0.0904. The van der Waals surface area contributed by atoms with E-state index in [2.05, 4.69) is 33.4 Å². The molecule has 0 radical (unpaired) electrons. The zero-order valence-corrected chi connectivity index (χ0v) is 11.9. The third kappa shape index (κ3) is 3.05. The number of aryl methyl sites for hydroxylation is 1. The third-order valence-electron chi connectivity index (χ3n) is 3.58. The molecule has 2 aromatic heterocycles. The number of hydrogen-bond donors (Lipinski definition) is 1. The van der Waals surface area contributed by atoms with Crippen LogP contribution >= 0.6 is 11.3 Å². The van der Waals surface area contributed by atoms with Crippen molar-refractivity contribution in [2.24, 2.45) is 13.0 Å². The van der Waals surface area contributed by atoms with E-state index in [-0.39, 0.29) is 6.10 Å². The summed E-state index contributed by atoms with van der Waals surface area (Å²) in [6.07, 6.45) is 5.29. The molecule has 1 saturated heterocycles. The summed E-state index contributed by atoms with van der Waals surface area (Å²) < 4.78 is 7.70. The molecule has 4 nitrogen and oxygen atoms in total. The lowest BCUT2D eigenvalue weighted by Gasteiger charge is -2.17. The Morgan fingerprint density at radius 1 is 1.58 bits per heavy atom. The Labute approximate surface area is 117 Å². The molecule has 0 amide bonds. The van der Waals surface area contributed by atoms with Gasteiger partial charge in [0.1, 0.15) is 0 Å². The van der Waals surface area contributed by atoms with Gasteiger partial charge in [0.25, 0.3) is 0 Å². The van der Waals surface area contributed by atoms with E-state index in [0.717, 1.165) is 26.1 Å². The van der Waals surface area contributed by atoms with E-state index >= 15 is 0 Å². The van der Waals surface area contributed by atoms with Crippen LogP contribution in [0.25, 0.3) is 0 Å². The number of ether oxygens (including phenoxy) is 1. The molecule has 3 rings (SSSR count). The fraction of sp³-hybridized carbons (Fsp3) is 0.500. The van der Waals surface area contributed by atoms with Crippen LogP contribution in [0.15, 0.2) is 29.2 Å². The Balaban J connectivity index is 1.55. The molecule has 5 heteroatoms. The quantitative estimate of drug-likeness (QED) is 0.912. The standard InChI is InChI=1S/C14H19N3OS/c1-17-9-13(8-16-17)14-12(2-4-18-14)7-15-6-11-3-5-19-10-11/h3,5,8-10,12,14-15H,2,4,6-7H2,1H3/t12-,14+/m1/s1. The molecule has 1 aliphatic rings. The highest BCUT2D eigenvalue weighted by atomic mass is 32.1. The van der Waals surface area contributed by atoms with Crippen LogP contribution in [0.1, 0.15) is 23.7 Å². The Morgan fingerprint density at radius 3 is 3.26 bits per heavy atom. The topological polar surface area (TPSA) is 39.1 Å². The maximum Gasteiger partial charge on any atom is 0.0896 e. The first-order valence-corrected chi connectivity index (χ1v) is 7.59. The van der Waals surface area contributed by atoms with E-state index in [0.29, 0.717) is 5.92 Å². The largest absolute Gasteiger partial charge is 0.373 e. The molecule has 3 heterocycles. The van der Waals surface area contributed by atoms with Gasteiger partial charge in [-0.15, -0.1) is 0 Å². The van der Waals surface area contributed by atoms with Gasteiger partial charge < -0.3 is 10.1 Å². The summed E-state index contributed by atoms with van der Waals surface area (Å²) in [5.41, 5.74) is 2.56. The number of thiophene rings is 1. The summed E-state index contributed by atoms with van der Waals surface area (Å²) in [7, 11) is 1.95. The summed E-state index contributed by atoms with van der Waals surface area (Å²) in [5.74, 6) is 0.544. The van der Waals surface area contributed by atoms with Crippen LogP contribution in [0.4, 0.5) is 0 Å². The Hall–Kier alpha value is -1.17. The monoisotopic (exact) mass is 277 g/mol. The minimum absolute atomic E-state index is 0.198. The number of nitrogens with one attached hydrogen (secondary N) is 1. The van der Waals surface area contributed by atoms with Gasteiger partial charge in [0.15, 0.2) is 0 Å². The first-order chi connectivity index (χ1) is 9.33. The minimum Gasteiger partial charge on any atom is -0.373 e. The Bertz CT molecular complexity index is 509. The van der Waals surface area contributed by atoms with Crippen molar-refractivity contribution in [1.29, 1.82) is 0 Å². The van der Waals surface area contributed by atoms with Crippen LogP contribution in [0.5, 0.6) is 0 Å². The molecule has 2 atom stereocenters. The van der Waals surface area contributed by atoms with Crippen molar-refractivity contribution < 1.29 is 4.74 Å². The average molecular weight is 277 g/mol. The fourth-order valence-corrected chi connectivity index (χ4v) is 3.26. The maximum atomic E-state index is 5.86. The molecule has 0 aliphatic carbocycles. The van der Waals surface area contributed by atoms with Crippen LogP contribution < -0.4 is 5.32 Å². The van der Waals surface area contributed by atoms with Crippen LogP contribution in [0.2, 0.25) is 0 Å². The smallest absolute Gasteiger partial charge is 0.0896 e. The first kappa shape index (κ1) is 12.8. The summed E-state index contributed by atoms with van der Waals surface area (Å²) in [6.45, 7) is 2.79. The van der Waals surface area contributed by atoms with Crippen molar-refractivity contribution in [3.63, 3.8) is 0 Å². The number of aromatic nitrogens is 2. The lowest BCUT2D eigenvalue weighted by atomic mass is 9.97. The predicted octanol–water partition coefficient (Wildman–Crippen LogP) is 2.35. The zero-order chi connectivity index (χ0) is 13.1. The van der Waals surface area contributed by atoms with Gasteiger partial charge in [-0.3, -0.25) is 4.68 Å². The second kappa shape index (κ2) is 5.86. The van der Waals surface area contributed by atoms with Gasteiger partial charge in [-0.25, -0.2) is 0 Å². The number of nitrogens with zero attached hydrogens (tertiary/aromatic N) is 2. The van der Waals surface area contributed by atoms with Gasteiger partial charge in [-0.05, 0) is 28.8 Å². The average Bonchev–Trinajstić information content (AvgIpc) is 3.10. The van der Waals surface area contributed by atoms with Gasteiger partial charge in [0, 0.05) is 44.4 Å². The fourth-order valence-electron chi connectivity index (χ4n) is 2.59. The van der Waals surface area contributed by atoms with Crippen molar-refractivity contribution >= 4 is 11.3 Å². The summed E-state index contributed by atoms with van der Waals surface area (Å²) >= 11 is 1.75. The molecule has 102 valence electrons. The molecule has 0 saturated carbocycles. The van der Waals surface area contributed by atoms with Gasteiger partial charge in [-0.1, -0.05) is 0 Å². The summed E-state index contributed by atoms with van der Waals surface area (Å²) in [5, 5.41) is 12.1. The molecule has 1 N–H and O–H groups in total. The van der Waals surface area contributed by atoms with E-state index < -0.39 is 0 Å². The van der Waals surface area contributed by atoms with Crippen molar-refractivity contribution in [3.05, 3.63) is 40.3 Å². The van der Waals surface area contributed by atoms with Crippen molar-refractivity contribution in [2.45, 2.75) is 19.1 Å². The maximum absolute atomic E-state index is 5.86. The van der Waals surface area contributed by atoms with Gasteiger partial charge >= 0.3 is 0 Å². The summed E-state index contributed by atoms with van der Waals surface area (Å²) in [4.78, 5) is 0. The van der Waals surface area contributed by atoms with E-state index in [4.69, 9.17) is 4.74 Å². The second-order valence-corrected chi connectivity index (χ2v) is 5.83. The molecule has 2 aromatic rings. The van der Waals surface area contributed by atoms with E-state index in [1.165, 1.54) is 11.1 Å². The number of hydrogen-bond acceptors (Lipinski definition) is 4. The zero-order valence-electron chi connectivity index (χ0n) is 11.1. The molecule has 0 spiro atoms. The van der Waals surface area contributed by atoms with Crippen LogP contribution in [0.3, 0.4) is 0 Å². The summed E-state index contributed by atoms with van der Waals surface area (Å²) in [6, 6.07) is 2.17. The molecule has 19 heavy (non-hydrogen) atoms. The molecule has 0 unspecified atom stereocenters. The molecular formula is C14H19N3OS. The van der Waals surface area contributed by atoms with Crippen molar-refractivity contribution in [1.82, 2.24) is 15.1 Å². The number of rotatable bonds is 5. The van der Waals surface area contributed by atoms with Crippen LogP contribution in [-0.4, -0.2) is 22.9 Å². The van der Waals surface area contributed by atoms with E-state index in [1.807, 2.05) is 17.9 Å². The molecular weight excluding hydrogens is 258 g/mol. The lowest BCUT2D eigenvalue weighted by Crippen LogP contribution is -2.24. The highest BCUT2D eigenvalue weighted by Gasteiger charge is 2.30. The van der Waals surface area contributed by atoms with Crippen LogP contribution in [-0.2, 0) is 18.3 Å². The molecule has 1 fully saturated rings. The third-order valence-corrected chi connectivity index (χ3v) is 4.32.